The number of rotatable bonds is 4. The smallest absolute Gasteiger partial charge is 0.0960 e. The number of halogens is 1. The molecule has 0 radical (unpaired) electrons. The van der Waals surface area contributed by atoms with Gasteiger partial charge in [-0.3, -0.25) is 0 Å². The Morgan fingerprint density at radius 2 is 2.19 bits per heavy atom. The molecule has 90 valence electrons. The zero-order chi connectivity index (χ0) is 11.5. The van der Waals surface area contributed by atoms with Gasteiger partial charge in [0.15, 0.2) is 0 Å². The summed E-state index contributed by atoms with van der Waals surface area (Å²) in [6.45, 7) is 5.32. The molecule has 0 amide bonds. The lowest BCUT2D eigenvalue weighted by atomic mass is 9.96. The first-order chi connectivity index (χ1) is 7.72. The SMILES string of the molecule is CCNC(c1cc(C)c(Cl)s1)C1CCCC1. The summed E-state index contributed by atoms with van der Waals surface area (Å²) in [5, 5.41) is 3.63. The summed E-state index contributed by atoms with van der Waals surface area (Å²) in [7, 11) is 0. The minimum absolute atomic E-state index is 0.531. The summed E-state index contributed by atoms with van der Waals surface area (Å²) >= 11 is 7.92. The highest BCUT2D eigenvalue weighted by molar-refractivity contribution is 7.16. The van der Waals surface area contributed by atoms with E-state index in [2.05, 4.69) is 25.2 Å². The molecule has 0 aliphatic heterocycles. The molecule has 2 rings (SSSR count). The van der Waals surface area contributed by atoms with Crippen LogP contribution in [0.15, 0.2) is 6.07 Å². The highest BCUT2D eigenvalue weighted by Gasteiger charge is 2.27. The summed E-state index contributed by atoms with van der Waals surface area (Å²) in [5.41, 5.74) is 1.22. The van der Waals surface area contributed by atoms with Crippen LogP contribution < -0.4 is 5.32 Å². The molecule has 1 heterocycles. The third-order valence-corrected chi connectivity index (χ3v) is 5.12. The quantitative estimate of drug-likeness (QED) is 0.834. The molecule has 0 saturated heterocycles. The van der Waals surface area contributed by atoms with E-state index in [1.807, 2.05) is 0 Å². The summed E-state index contributed by atoms with van der Waals surface area (Å²) in [6.07, 6.45) is 5.52. The van der Waals surface area contributed by atoms with Gasteiger partial charge in [-0.25, -0.2) is 0 Å². The maximum Gasteiger partial charge on any atom is 0.0960 e. The molecular weight excluding hydrogens is 238 g/mol. The van der Waals surface area contributed by atoms with Crippen LogP contribution in [0, 0.1) is 12.8 Å². The van der Waals surface area contributed by atoms with Gasteiger partial charge >= 0.3 is 0 Å². The van der Waals surface area contributed by atoms with Crippen LogP contribution in [0.3, 0.4) is 0 Å². The summed E-state index contributed by atoms with van der Waals surface area (Å²) in [6, 6.07) is 2.79. The lowest BCUT2D eigenvalue weighted by Crippen LogP contribution is -2.26. The first kappa shape index (κ1) is 12.4. The Morgan fingerprint density at radius 1 is 1.50 bits per heavy atom. The van der Waals surface area contributed by atoms with Crippen LogP contribution >= 0.6 is 22.9 Å². The number of thiophene rings is 1. The molecule has 16 heavy (non-hydrogen) atoms. The van der Waals surface area contributed by atoms with Gasteiger partial charge in [-0.05, 0) is 43.9 Å². The van der Waals surface area contributed by atoms with E-state index in [-0.39, 0.29) is 0 Å². The van der Waals surface area contributed by atoms with Crippen LogP contribution in [0.2, 0.25) is 4.34 Å². The van der Waals surface area contributed by atoms with E-state index in [9.17, 15) is 0 Å². The van der Waals surface area contributed by atoms with Crippen LogP contribution in [0.4, 0.5) is 0 Å². The lowest BCUT2D eigenvalue weighted by Gasteiger charge is -2.23. The molecule has 0 spiro atoms. The van der Waals surface area contributed by atoms with E-state index < -0.39 is 0 Å². The summed E-state index contributed by atoms with van der Waals surface area (Å²) in [5.74, 6) is 0.814. The maximum atomic E-state index is 6.17. The Kier molecular flexibility index (Phi) is 4.28. The van der Waals surface area contributed by atoms with Gasteiger partial charge < -0.3 is 5.32 Å². The standard InChI is InChI=1S/C13H20ClNS/c1-3-15-12(10-6-4-5-7-10)11-8-9(2)13(14)16-11/h8,10,12,15H,3-7H2,1-2H3. The molecule has 1 unspecified atom stereocenters. The monoisotopic (exact) mass is 257 g/mol. The second-order valence-electron chi connectivity index (χ2n) is 4.69. The molecule has 0 aromatic carbocycles. The van der Waals surface area contributed by atoms with Gasteiger partial charge in [0.2, 0.25) is 0 Å². The van der Waals surface area contributed by atoms with Crippen molar-refractivity contribution in [1.29, 1.82) is 0 Å². The van der Waals surface area contributed by atoms with Gasteiger partial charge in [0, 0.05) is 10.9 Å². The van der Waals surface area contributed by atoms with Crippen molar-refractivity contribution in [2.45, 2.75) is 45.6 Å². The lowest BCUT2D eigenvalue weighted by molar-refractivity contribution is 0.379. The second kappa shape index (κ2) is 5.52. The van der Waals surface area contributed by atoms with Crippen molar-refractivity contribution in [3.05, 3.63) is 20.8 Å². The van der Waals surface area contributed by atoms with E-state index in [0.717, 1.165) is 16.8 Å². The van der Waals surface area contributed by atoms with Gasteiger partial charge in [0.25, 0.3) is 0 Å². The first-order valence-electron chi connectivity index (χ1n) is 6.21. The fourth-order valence-electron chi connectivity index (χ4n) is 2.65. The zero-order valence-corrected chi connectivity index (χ0v) is 11.6. The average Bonchev–Trinajstić information content (AvgIpc) is 2.86. The molecule has 3 heteroatoms. The Bertz CT molecular complexity index is 322. The van der Waals surface area contributed by atoms with Crippen LogP contribution in [-0.2, 0) is 0 Å². The Balaban J connectivity index is 2.17. The van der Waals surface area contributed by atoms with Crippen molar-refractivity contribution in [2.24, 2.45) is 5.92 Å². The van der Waals surface area contributed by atoms with Crippen molar-refractivity contribution in [2.75, 3.05) is 6.54 Å². The largest absolute Gasteiger partial charge is 0.309 e. The molecule has 1 aromatic heterocycles. The normalized spacial score (nSPS) is 19.2. The van der Waals surface area contributed by atoms with Crippen molar-refractivity contribution < 1.29 is 0 Å². The van der Waals surface area contributed by atoms with Crippen LogP contribution in [0.5, 0.6) is 0 Å². The Labute approximate surface area is 107 Å². The molecule has 1 fully saturated rings. The van der Waals surface area contributed by atoms with Gasteiger partial charge in [-0.2, -0.15) is 0 Å². The topological polar surface area (TPSA) is 12.0 Å². The van der Waals surface area contributed by atoms with Crippen molar-refractivity contribution in [3.8, 4) is 0 Å². The zero-order valence-electron chi connectivity index (χ0n) is 10.1. The molecule has 1 aliphatic carbocycles. The molecule has 1 N–H and O–H groups in total. The molecular formula is C13H20ClNS. The minimum atomic E-state index is 0.531. The summed E-state index contributed by atoms with van der Waals surface area (Å²) in [4.78, 5) is 1.43. The fraction of sp³-hybridized carbons (Fsp3) is 0.692. The third kappa shape index (κ3) is 2.61. The van der Waals surface area contributed by atoms with Gasteiger partial charge in [-0.15, -0.1) is 11.3 Å². The van der Waals surface area contributed by atoms with E-state index >= 15 is 0 Å². The van der Waals surface area contributed by atoms with Gasteiger partial charge in [-0.1, -0.05) is 31.4 Å². The number of hydrogen-bond acceptors (Lipinski definition) is 2. The first-order valence-corrected chi connectivity index (χ1v) is 7.41. The van der Waals surface area contributed by atoms with Crippen LogP contribution in [-0.4, -0.2) is 6.54 Å². The Hall–Kier alpha value is -0.0500. The maximum absolute atomic E-state index is 6.17. The van der Waals surface area contributed by atoms with E-state index in [4.69, 9.17) is 11.6 Å². The number of hydrogen-bond donors (Lipinski definition) is 1. The Morgan fingerprint density at radius 3 is 2.69 bits per heavy atom. The van der Waals surface area contributed by atoms with Crippen LogP contribution in [0.25, 0.3) is 0 Å². The van der Waals surface area contributed by atoms with Crippen molar-refractivity contribution in [3.63, 3.8) is 0 Å². The predicted molar refractivity (Wildman–Crippen MR) is 72.4 cm³/mol. The predicted octanol–water partition coefficient (Wildman–Crippen LogP) is 4.55. The van der Waals surface area contributed by atoms with Crippen molar-refractivity contribution >= 4 is 22.9 Å². The van der Waals surface area contributed by atoms with Gasteiger partial charge in [0.05, 0.1) is 4.34 Å². The molecule has 1 atom stereocenters. The van der Waals surface area contributed by atoms with Gasteiger partial charge in [0.1, 0.15) is 0 Å². The summed E-state index contributed by atoms with van der Waals surface area (Å²) < 4.78 is 0.955. The van der Waals surface area contributed by atoms with Crippen molar-refractivity contribution in [1.82, 2.24) is 5.32 Å². The average molecular weight is 258 g/mol. The van der Waals surface area contributed by atoms with E-state index in [0.29, 0.717) is 6.04 Å². The van der Waals surface area contributed by atoms with E-state index in [1.54, 1.807) is 11.3 Å². The van der Waals surface area contributed by atoms with E-state index in [1.165, 1.54) is 36.1 Å². The molecule has 1 nitrogen and oxygen atoms in total. The second-order valence-corrected chi connectivity index (χ2v) is 6.37. The molecule has 1 aliphatic rings. The minimum Gasteiger partial charge on any atom is -0.309 e. The number of nitrogens with one attached hydrogen (secondary N) is 1. The van der Waals surface area contributed by atoms with Crippen LogP contribution in [0.1, 0.15) is 49.1 Å². The molecule has 1 saturated carbocycles. The molecule has 1 aromatic rings. The fourth-order valence-corrected chi connectivity index (χ4v) is 4.03. The highest BCUT2D eigenvalue weighted by Crippen LogP contribution is 2.40. The third-order valence-electron chi connectivity index (χ3n) is 3.48. The molecule has 0 bridgehead atoms. The highest BCUT2D eigenvalue weighted by atomic mass is 35.5. The number of aryl methyl sites for hydroxylation is 1.